The number of carboxylic acid groups (broad SMARTS) is 1. The van der Waals surface area contributed by atoms with Crippen molar-refractivity contribution in [3.63, 3.8) is 0 Å². The van der Waals surface area contributed by atoms with Crippen molar-refractivity contribution in [3.8, 4) is 0 Å². The van der Waals surface area contributed by atoms with Crippen molar-refractivity contribution in [1.29, 1.82) is 0 Å². The summed E-state index contributed by atoms with van der Waals surface area (Å²) in [6, 6.07) is 2.36. The Bertz CT molecular complexity index is 759. The monoisotopic (exact) mass is 430 g/mol. The maximum absolute atomic E-state index is 11.2. The van der Waals surface area contributed by atoms with Crippen LogP contribution in [-0.4, -0.2) is 23.1 Å². The van der Waals surface area contributed by atoms with Crippen LogP contribution in [-0.2, 0) is 27.2 Å². The van der Waals surface area contributed by atoms with E-state index in [1.165, 1.54) is 27.8 Å². The Kier molecular flexibility index (Phi) is 9.14. The van der Waals surface area contributed by atoms with E-state index in [9.17, 15) is 14.7 Å². The fourth-order valence-corrected chi connectivity index (χ4v) is 4.59. The second-order valence-electron chi connectivity index (χ2n) is 10.3. The number of unbranched alkanes of at least 4 members (excludes halogenated alkanes) is 4. The van der Waals surface area contributed by atoms with Gasteiger partial charge in [-0.2, -0.15) is 0 Å². The van der Waals surface area contributed by atoms with E-state index < -0.39 is 11.4 Å². The SMILES string of the molecule is Cc1cc(CCCCC2(OC=O)CC2)c(C)c(CCCCCCC(C)(C)C(=O)O)c1C. The van der Waals surface area contributed by atoms with E-state index >= 15 is 0 Å². The highest BCUT2D eigenvalue weighted by atomic mass is 16.5. The minimum Gasteiger partial charge on any atom is -0.481 e. The molecule has 1 aromatic carbocycles. The molecule has 31 heavy (non-hydrogen) atoms. The van der Waals surface area contributed by atoms with Crippen LogP contribution in [0.4, 0.5) is 0 Å². The summed E-state index contributed by atoms with van der Waals surface area (Å²) < 4.78 is 5.26. The summed E-state index contributed by atoms with van der Waals surface area (Å²) in [5.41, 5.74) is 6.46. The van der Waals surface area contributed by atoms with Gasteiger partial charge in [0, 0.05) is 0 Å². The van der Waals surface area contributed by atoms with Crippen LogP contribution in [0.1, 0.15) is 106 Å². The van der Waals surface area contributed by atoms with E-state index in [0.29, 0.717) is 6.47 Å². The molecule has 174 valence electrons. The van der Waals surface area contributed by atoms with Gasteiger partial charge in [0.05, 0.1) is 5.41 Å². The van der Waals surface area contributed by atoms with E-state index in [0.717, 1.165) is 77.0 Å². The molecule has 0 amide bonds. The Hall–Kier alpha value is -1.84. The first-order valence-electron chi connectivity index (χ1n) is 12.1. The molecule has 1 aliphatic carbocycles. The van der Waals surface area contributed by atoms with Gasteiger partial charge < -0.3 is 9.84 Å². The van der Waals surface area contributed by atoms with E-state index in [4.69, 9.17) is 4.74 Å². The first-order valence-corrected chi connectivity index (χ1v) is 12.1. The van der Waals surface area contributed by atoms with Crippen LogP contribution in [0.2, 0.25) is 0 Å². The quantitative estimate of drug-likeness (QED) is 0.250. The van der Waals surface area contributed by atoms with Gasteiger partial charge in [-0.25, -0.2) is 0 Å². The Morgan fingerprint density at radius 3 is 2.29 bits per heavy atom. The van der Waals surface area contributed by atoms with Gasteiger partial charge in [-0.3, -0.25) is 9.59 Å². The molecule has 4 nitrogen and oxygen atoms in total. The second kappa shape index (κ2) is 11.2. The van der Waals surface area contributed by atoms with Crippen LogP contribution in [0.25, 0.3) is 0 Å². The molecule has 1 fully saturated rings. The molecule has 0 bridgehead atoms. The Labute approximate surface area is 188 Å². The average molecular weight is 431 g/mol. The third kappa shape index (κ3) is 7.36. The van der Waals surface area contributed by atoms with Gasteiger partial charge in [0.25, 0.3) is 6.47 Å². The van der Waals surface area contributed by atoms with E-state index in [1.807, 2.05) is 13.8 Å². The van der Waals surface area contributed by atoms with Gasteiger partial charge in [0.2, 0.25) is 0 Å². The zero-order valence-corrected chi connectivity index (χ0v) is 20.3. The predicted molar refractivity (Wildman–Crippen MR) is 126 cm³/mol. The maximum Gasteiger partial charge on any atom is 0.309 e. The molecule has 1 N–H and O–H groups in total. The fourth-order valence-electron chi connectivity index (χ4n) is 4.59. The number of carbonyl (C=O) groups is 2. The molecule has 0 spiro atoms. The lowest BCUT2D eigenvalue weighted by Gasteiger charge is -2.19. The minimum absolute atomic E-state index is 0.134. The molecule has 1 saturated carbocycles. The summed E-state index contributed by atoms with van der Waals surface area (Å²) in [4.78, 5) is 21.9. The van der Waals surface area contributed by atoms with Crippen molar-refractivity contribution < 1.29 is 19.4 Å². The Morgan fingerprint density at radius 2 is 1.68 bits per heavy atom. The molecule has 0 heterocycles. The van der Waals surface area contributed by atoms with Crippen molar-refractivity contribution in [2.45, 2.75) is 117 Å². The Balaban J connectivity index is 1.81. The smallest absolute Gasteiger partial charge is 0.309 e. The zero-order chi connectivity index (χ0) is 23.1. The minimum atomic E-state index is -0.699. The summed E-state index contributed by atoms with van der Waals surface area (Å²) in [6.07, 6.45) is 12.6. The second-order valence-corrected chi connectivity index (χ2v) is 10.3. The van der Waals surface area contributed by atoms with Gasteiger partial charge in [-0.15, -0.1) is 0 Å². The lowest BCUT2D eigenvalue weighted by molar-refractivity contribution is -0.147. The van der Waals surface area contributed by atoms with Gasteiger partial charge in [-0.1, -0.05) is 25.3 Å². The number of aryl methyl sites for hydroxylation is 2. The molecular formula is C27H42O4. The van der Waals surface area contributed by atoms with Gasteiger partial charge in [0.15, 0.2) is 0 Å². The summed E-state index contributed by atoms with van der Waals surface area (Å²) in [7, 11) is 0. The number of aliphatic carboxylic acids is 1. The van der Waals surface area contributed by atoms with Crippen molar-refractivity contribution >= 4 is 12.4 Å². The summed E-state index contributed by atoms with van der Waals surface area (Å²) >= 11 is 0. The van der Waals surface area contributed by atoms with Crippen molar-refractivity contribution in [2.24, 2.45) is 5.41 Å². The van der Waals surface area contributed by atoms with E-state index in [1.54, 1.807) is 0 Å². The van der Waals surface area contributed by atoms with Crippen LogP contribution in [0.15, 0.2) is 6.07 Å². The van der Waals surface area contributed by atoms with Crippen LogP contribution < -0.4 is 0 Å². The average Bonchev–Trinajstić information content (AvgIpc) is 3.47. The fraction of sp³-hybridized carbons (Fsp3) is 0.704. The number of carboxylic acids is 1. The molecule has 2 rings (SSSR count). The lowest BCUT2D eigenvalue weighted by atomic mass is 9.86. The van der Waals surface area contributed by atoms with Crippen molar-refractivity contribution in [1.82, 2.24) is 0 Å². The topological polar surface area (TPSA) is 63.6 Å². The summed E-state index contributed by atoms with van der Waals surface area (Å²) in [6.45, 7) is 11.0. The highest BCUT2D eigenvalue weighted by Crippen LogP contribution is 2.43. The first-order chi connectivity index (χ1) is 14.6. The largest absolute Gasteiger partial charge is 0.481 e. The van der Waals surface area contributed by atoms with Crippen LogP contribution in [0.3, 0.4) is 0 Å². The highest BCUT2D eigenvalue weighted by molar-refractivity contribution is 5.73. The van der Waals surface area contributed by atoms with Gasteiger partial charge >= 0.3 is 5.97 Å². The number of hydrogen-bond donors (Lipinski definition) is 1. The molecule has 0 unspecified atom stereocenters. The van der Waals surface area contributed by atoms with Gasteiger partial charge in [0.1, 0.15) is 5.60 Å². The number of hydrogen-bond acceptors (Lipinski definition) is 3. The van der Waals surface area contributed by atoms with Crippen molar-refractivity contribution in [3.05, 3.63) is 33.9 Å². The van der Waals surface area contributed by atoms with Crippen LogP contribution in [0, 0.1) is 26.2 Å². The first kappa shape index (κ1) is 25.4. The number of benzene rings is 1. The number of carbonyl (C=O) groups excluding carboxylic acids is 1. The normalized spacial score (nSPS) is 15.0. The Morgan fingerprint density at radius 1 is 1.03 bits per heavy atom. The predicted octanol–water partition coefficient (Wildman–Crippen LogP) is 6.63. The number of ether oxygens (including phenoxy) is 1. The molecule has 0 aliphatic heterocycles. The maximum atomic E-state index is 11.2. The molecule has 0 radical (unpaired) electrons. The molecule has 1 aromatic rings. The molecule has 0 atom stereocenters. The van der Waals surface area contributed by atoms with Crippen LogP contribution >= 0.6 is 0 Å². The highest BCUT2D eigenvalue weighted by Gasteiger charge is 2.44. The molecule has 1 aliphatic rings. The molecule has 4 heteroatoms. The van der Waals surface area contributed by atoms with Gasteiger partial charge in [-0.05, 0) is 120 Å². The third-order valence-electron chi connectivity index (χ3n) is 7.36. The lowest BCUT2D eigenvalue weighted by Crippen LogP contribution is -2.23. The number of rotatable bonds is 15. The summed E-state index contributed by atoms with van der Waals surface area (Å²) in [5, 5.41) is 9.23. The standard InChI is InChI=1S/C27H42O4/c1-20-18-23(12-9-11-15-27(16-17-27)31-19-28)22(3)24(21(20)2)13-8-6-7-10-14-26(4,5)25(29)30/h18-19H,6-17H2,1-5H3,(H,29,30). The van der Waals surface area contributed by atoms with Crippen molar-refractivity contribution in [2.75, 3.05) is 0 Å². The molecular weight excluding hydrogens is 388 g/mol. The molecule has 0 aromatic heterocycles. The third-order valence-corrected chi connectivity index (χ3v) is 7.36. The summed E-state index contributed by atoms with van der Waals surface area (Å²) in [5.74, 6) is -0.699. The van der Waals surface area contributed by atoms with E-state index in [2.05, 4.69) is 26.8 Å². The van der Waals surface area contributed by atoms with Crippen LogP contribution in [0.5, 0.6) is 0 Å². The molecule has 0 saturated heterocycles. The zero-order valence-electron chi connectivity index (χ0n) is 20.3. The van der Waals surface area contributed by atoms with E-state index in [-0.39, 0.29) is 5.60 Å².